The molecule has 8 nitrogen and oxygen atoms in total. The third kappa shape index (κ3) is 2.68. The highest BCUT2D eigenvalue weighted by molar-refractivity contribution is 6.15. The topological polar surface area (TPSA) is 106 Å². The van der Waals surface area contributed by atoms with Gasteiger partial charge in [0.05, 0.1) is 18.6 Å². The molecular formula is C22H20N6O2. The first-order valence-electron chi connectivity index (χ1n) is 9.73. The average molecular weight is 400 g/mol. The number of phenolic OH excluding ortho intramolecular Hbond substituents is 1. The molecule has 0 radical (unpaired) electrons. The molecular weight excluding hydrogens is 380 g/mol. The van der Waals surface area contributed by atoms with Gasteiger partial charge >= 0.3 is 6.03 Å². The number of carbonyl (C=O) groups is 1. The molecule has 0 aliphatic carbocycles. The van der Waals surface area contributed by atoms with Crippen molar-refractivity contribution >= 4 is 24.0 Å². The van der Waals surface area contributed by atoms with Gasteiger partial charge in [-0.25, -0.2) is 19.8 Å². The lowest BCUT2D eigenvalue weighted by Gasteiger charge is -2.29. The molecule has 3 N–H and O–H groups in total. The standard InChI is InChI=1S/C22H20N6O2/c1-2-14-3-7-16(8-4-14)22-18-19(24-12-23-18)25-13-26-20(22)28(21(30)27-22)11-15-5-9-17(29)10-6-15/h3-10,12-13,29H,2,11H2,1H3,(H,23,24)(H,27,30). The molecule has 2 amide bonds. The van der Waals surface area contributed by atoms with Gasteiger partial charge in [-0.1, -0.05) is 43.3 Å². The fourth-order valence-corrected chi connectivity index (χ4v) is 3.99. The molecule has 8 heteroatoms. The zero-order chi connectivity index (χ0) is 20.7. The van der Waals surface area contributed by atoms with E-state index >= 15 is 0 Å². The van der Waals surface area contributed by atoms with Gasteiger partial charge < -0.3 is 15.4 Å². The minimum atomic E-state index is -1.03. The molecule has 2 aliphatic rings. The summed E-state index contributed by atoms with van der Waals surface area (Å²) in [6, 6.07) is 14.6. The zero-order valence-electron chi connectivity index (χ0n) is 16.3. The van der Waals surface area contributed by atoms with Crippen molar-refractivity contribution < 1.29 is 9.90 Å². The second-order valence-electron chi connectivity index (χ2n) is 7.28. The SMILES string of the molecule is CCc1ccc(C23NC(=O)N(Cc4ccc(O)cc4)C2=NC=Nc2nc[nH]c23)cc1. The molecule has 150 valence electrons. The van der Waals surface area contributed by atoms with Crippen LogP contribution in [0, 0.1) is 0 Å². The van der Waals surface area contributed by atoms with Crippen molar-refractivity contribution in [3.05, 3.63) is 77.2 Å². The number of aliphatic imine (C=N–C) groups is 2. The molecule has 0 bridgehead atoms. The smallest absolute Gasteiger partial charge is 0.324 e. The summed E-state index contributed by atoms with van der Waals surface area (Å²) in [4.78, 5) is 31.1. The van der Waals surface area contributed by atoms with E-state index in [1.54, 1.807) is 35.5 Å². The molecule has 1 fully saturated rings. The number of aryl methyl sites for hydroxylation is 1. The number of amidine groups is 1. The number of hydrogen-bond acceptors (Lipinski definition) is 5. The molecule has 0 saturated carbocycles. The third-order valence-corrected chi connectivity index (χ3v) is 5.56. The molecule has 1 atom stereocenters. The summed E-state index contributed by atoms with van der Waals surface area (Å²) in [6.45, 7) is 2.40. The number of amides is 2. The highest BCUT2D eigenvalue weighted by Gasteiger charge is 2.54. The fourth-order valence-electron chi connectivity index (χ4n) is 3.99. The van der Waals surface area contributed by atoms with Crippen molar-refractivity contribution in [1.29, 1.82) is 0 Å². The van der Waals surface area contributed by atoms with Crippen LogP contribution >= 0.6 is 0 Å². The highest BCUT2D eigenvalue weighted by Crippen LogP contribution is 2.41. The number of imidazole rings is 1. The predicted octanol–water partition coefficient (Wildman–Crippen LogP) is 3.22. The summed E-state index contributed by atoms with van der Waals surface area (Å²) in [7, 11) is 0. The summed E-state index contributed by atoms with van der Waals surface area (Å²) in [5.41, 5.74) is 2.59. The van der Waals surface area contributed by atoms with Gasteiger partial charge in [0.15, 0.2) is 17.2 Å². The van der Waals surface area contributed by atoms with Crippen molar-refractivity contribution in [2.24, 2.45) is 9.98 Å². The van der Waals surface area contributed by atoms with E-state index in [1.165, 1.54) is 11.9 Å². The second kappa shape index (κ2) is 6.84. The maximum absolute atomic E-state index is 13.2. The van der Waals surface area contributed by atoms with Crippen LogP contribution in [-0.2, 0) is 18.5 Å². The van der Waals surface area contributed by atoms with Crippen molar-refractivity contribution in [3.63, 3.8) is 0 Å². The van der Waals surface area contributed by atoms with Gasteiger partial charge in [0.25, 0.3) is 0 Å². The number of aromatic amines is 1. The van der Waals surface area contributed by atoms with Crippen LogP contribution in [0.3, 0.4) is 0 Å². The van der Waals surface area contributed by atoms with Gasteiger partial charge in [0, 0.05) is 0 Å². The van der Waals surface area contributed by atoms with E-state index in [-0.39, 0.29) is 11.8 Å². The van der Waals surface area contributed by atoms with E-state index in [9.17, 15) is 9.90 Å². The Bertz CT molecular complexity index is 1160. The minimum Gasteiger partial charge on any atom is -0.508 e. The van der Waals surface area contributed by atoms with Gasteiger partial charge in [-0.05, 0) is 35.2 Å². The third-order valence-electron chi connectivity index (χ3n) is 5.56. The number of fused-ring (bicyclic) bond motifs is 3. The predicted molar refractivity (Wildman–Crippen MR) is 113 cm³/mol. The number of benzene rings is 2. The molecule has 30 heavy (non-hydrogen) atoms. The lowest BCUT2D eigenvalue weighted by atomic mass is 9.85. The monoisotopic (exact) mass is 400 g/mol. The van der Waals surface area contributed by atoms with E-state index in [0.29, 0.717) is 23.9 Å². The molecule has 1 saturated heterocycles. The summed E-state index contributed by atoms with van der Waals surface area (Å²) in [6.07, 6.45) is 3.93. The largest absolute Gasteiger partial charge is 0.508 e. The second-order valence-corrected chi connectivity index (χ2v) is 7.28. The van der Waals surface area contributed by atoms with Crippen LogP contribution in [0.4, 0.5) is 10.6 Å². The number of phenols is 1. The molecule has 3 aromatic rings. The fraction of sp³-hybridized carbons (Fsp3) is 0.182. The van der Waals surface area contributed by atoms with Gasteiger partial charge in [0.1, 0.15) is 12.1 Å². The quantitative estimate of drug-likeness (QED) is 0.626. The Morgan fingerprint density at radius 1 is 1.07 bits per heavy atom. The normalized spacial score (nSPS) is 19.7. The van der Waals surface area contributed by atoms with E-state index in [0.717, 1.165) is 17.5 Å². The van der Waals surface area contributed by atoms with Crippen molar-refractivity contribution in [3.8, 4) is 5.75 Å². The maximum atomic E-state index is 13.2. The number of carbonyl (C=O) groups excluding carboxylic acids is 1. The van der Waals surface area contributed by atoms with Crippen molar-refractivity contribution in [1.82, 2.24) is 20.2 Å². The van der Waals surface area contributed by atoms with Crippen LogP contribution in [0.25, 0.3) is 0 Å². The van der Waals surface area contributed by atoms with Gasteiger partial charge in [-0.2, -0.15) is 0 Å². The first-order chi connectivity index (χ1) is 14.6. The number of nitrogens with one attached hydrogen (secondary N) is 2. The summed E-state index contributed by atoms with van der Waals surface area (Å²) >= 11 is 0. The van der Waals surface area contributed by atoms with E-state index < -0.39 is 5.54 Å². The van der Waals surface area contributed by atoms with E-state index in [2.05, 4.69) is 44.3 Å². The molecule has 2 aliphatic heterocycles. The first-order valence-corrected chi connectivity index (χ1v) is 9.73. The van der Waals surface area contributed by atoms with Crippen LogP contribution in [0.5, 0.6) is 5.75 Å². The van der Waals surface area contributed by atoms with Crippen LogP contribution in [-0.4, -0.2) is 38.2 Å². The number of rotatable bonds is 4. The van der Waals surface area contributed by atoms with E-state index in [1.807, 2.05) is 12.1 Å². The lowest BCUT2D eigenvalue weighted by molar-refractivity contribution is 0.225. The van der Waals surface area contributed by atoms with Gasteiger partial charge in [-0.15, -0.1) is 0 Å². The molecule has 1 aromatic heterocycles. The molecule has 3 heterocycles. The number of hydrogen-bond donors (Lipinski definition) is 3. The van der Waals surface area contributed by atoms with Crippen LogP contribution in [0.15, 0.2) is 64.8 Å². The summed E-state index contributed by atoms with van der Waals surface area (Å²) < 4.78 is 0. The molecule has 5 rings (SSSR count). The number of aromatic hydroxyl groups is 1. The lowest BCUT2D eigenvalue weighted by Crippen LogP contribution is -2.45. The van der Waals surface area contributed by atoms with Crippen molar-refractivity contribution in [2.45, 2.75) is 25.4 Å². The number of urea groups is 1. The Labute approximate surface area is 173 Å². The summed E-state index contributed by atoms with van der Waals surface area (Å²) in [5, 5.41) is 12.7. The zero-order valence-corrected chi connectivity index (χ0v) is 16.3. The average Bonchev–Trinajstić information content (AvgIpc) is 3.30. The Morgan fingerprint density at radius 2 is 1.80 bits per heavy atom. The van der Waals surface area contributed by atoms with Gasteiger partial charge in [-0.3, -0.25) is 4.90 Å². The van der Waals surface area contributed by atoms with Crippen LogP contribution < -0.4 is 5.32 Å². The number of aromatic nitrogens is 2. The number of nitrogens with zero attached hydrogens (tertiary/aromatic N) is 4. The van der Waals surface area contributed by atoms with Gasteiger partial charge in [0.2, 0.25) is 0 Å². The molecule has 1 unspecified atom stereocenters. The Balaban J connectivity index is 1.65. The first kappa shape index (κ1) is 18.1. The van der Waals surface area contributed by atoms with Crippen LogP contribution in [0.1, 0.15) is 29.3 Å². The van der Waals surface area contributed by atoms with E-state index in [4.69, 9.17) is 0 Å². The Hall–Kier alpha value is -3.94. The molecule has 2 aromatic carbocycles. The highest BCUT2D eigenvalue weighted by atomic mass is 16.3. The maximum Gasteiger partial charge on any atom is 0.324 e. The van der Waals surface area contributed by atoms with Crippen LogP contribution in [0.2, 0.25) is 0 Å². The molecule has 0 spiro atoms. The number of H-pyrrole nitrogens is 1. The van der Waals surface area contributed by atoms with Crippen molar-refractivity contribution in [2.75, 3.05) is 0 Å². The Kier molecular flexibility index (Phi) is 4.13. The minimum absolute atomic E-state index is 0.177. The summed E-state index contributed by atoms with van der Waals surface area (Å²) in [5.74, 6) is 1.19. The Morgan fingerprint density at radius 3 is 2.53 bits per heavy atom.